The Kier molecular flexibility index (Phi) is 3.72. The Hall–Kier alpha value is -1.03. The van der Waals surface area contributed by atoms with E-state index in [0.717, 1.165) is 16.5 Å². The Morgan fingerprint density at radius 1 is 1.41 bits per heavy atom. The summed E-state index contributed by atoms with van der Waals surface area (Å²) in [6.45, 7) is 6.35. The molecule has 0 bridgehead atoms. The maximum absolute atomic E-state index is 13.5. The van der Waals surface area contributed by atoms with E-state index < -0.39 is 0 Å². The molecule has 1 atom stereocenters. The van der Waals surface area contributed by atoms with E-state index in [4.69, 9.17) is 0 Å². The second-order valence-electron chi connectivity index (χ2n) is 4.52. The van der Waals surface area contributed by atoms with Crippen LogP contribution < -0.4 is 5.32 Å². The predicted octanol–water partition coefficient (Wildman–Crippen LogP) is 3.02. The first-order chi connectivity index (χ1) is 8.06. The first-order valence-corrected chi connectivity index (χ1v) is 6.74. The van der Waals surface area contributed by atoms with Gasteiger partial charge < -0.3 is 5.32 Å². The number of hydrogen-bond acceptors (Lipinski definition) is 2. The van der Waals surface area contributed by atoms with Gasteiger partial charge in [-0.15, -0.1) is 0 Å². The minimum absolute atomic E-state index is 0.108. The van der Waals surface area contributed by atoms with E-state index >= 15 is 0 Å². The summed E-state index contributed by atoms with van der Waals surface area (Å²) < 4.78 is 13.5. The average Bonchev–Trinajstić information content (AvgIpc) is 2.69. The topological polar surface area (TPSA) is 24.4 Å². The Morgan fingerprint density at radius 2 is 2.06 bits per heavy atom. The molecule has 1 unspecified atom stereocenters. The number of halogens is 1. The van der Waals surface area contributed by atoms with Gasteiger partial charge >= 0.3 is 0 Å². The van der Waals surface area contributed by atoms with Gasteiger partial charge in [-0.1, -0.05) is 23.9 Å². The molecule has 17 heavy (non-hydrogen) atoms. The van der Waals surface area contributed by atoms with E-state index in [1.807, 2.05) is 12.1 Å². The number of benzene rings is 1. The van der Waals surface area contributed by atoms with Crippen molar-refractivity contribution in [1.29, 1.82) is 0 Å². The molecule has 0 radical (unpaired) electrons. The normalized spacial score (nSPS) is 21.9. The van der Waals surface area contributed by atoms with Gasteiger partial charge in [0.1, 0.15) is 5.82 Å². The summed E-state index contributed by atoms with van der Waals surface area (Å²) in [5.74, 6) is 0.962. The fourth-order valence-electron chi connectivity index (χ4n) is 1.88. The standard InChI is InChI=1S/C13H17FN2S/c1-8-4-11(5-9(2)12(8)14)6-15-13-16-10(3)7-17-13/h4-5,10H,6-7H2,1-3H3,(H,15,16). The molecule has 1 N–H and O–H groups in total. The molecule has 0 saturated carbocycles. The second kappa shape index (κ2) is 5.08. The van der Waals surface area contributed by atoms with Crippen LogP contribution in [-0.4, -0.2) is 17.0 Å². The number of rotatable bonds is 2. The smallest absolute Gasteiger partial charge is 0.157 e. The van der Waals surface area contributed by atoms with Crippen molar-refractivity contribution in [3.63, 3.8) is 0 Å². The molecule has 2 nitrogen and oxygen atoms in total. The van der Waals surface area contributed by atoms with Crippen molar-refractivity contribution in [3.8, 4) is 0 Å². The van der Waals surface area contributed by atoms with Gasteiger partial charge in [0.2, 0.25) is 0 Å². The van der Waals surface area contributed by atoms with Crippen molar-refractivity contribution in [3.05, 3.63) is 34.6 Å². The molecule has 0 spiro atoms. The van der Waals surface area contributed by atoms with Crippen LogP contribution >= 0.6 is 11.8 Å². The van der Waals surface area contributed by atoms with Gasteiger partial charge in [-0.25, -0.2) is 4.39 Å². The zero-order valence-electron chi connectivity index (χ0n) is 10.4. The maximum atomic E-state index is 13.5. The van der Waals surface area contributed by atoms with Gasteiger partial charge in [0, 0.05) is 11.8 Å². The molecule has 0 amide bonds. The van der Waals surface area contributed by atoms with E-state index in [-0.39, 0.29) is 5.82 Å². The van der Waals surface area contributed by atoms with Crippen molar-refractivity contribution in [2.45, 2.75) is 33.4 Å². The summed E-state index contributed by atoms with van der Waals surface area (Å²) in [7, 11) is 0. The van der Waals surface area contributed by atoms with Crippen molar-refractivity contribution in [1.82, 2.24) is 5.32 Å². The summed E-state index contributed by atoms with van der Waals surface area (Å²) >= 11 is 1.75. The highest BCUT2D eigenvalue weighted by molar-refractivity contribution is 8.14. The fourth-order valence-corrected chi connectivity index (χ4v) is 2.81. The highest BCUT2D eigenvalue weighted by Gasteiger charge is 2.15. The van der Waals surface area contributed by atoms with Crippen LogP contribution in [0.4, 0.5) is 4.39 Å². The van der Waals surface area contributed by atoms with Gasteiger partial charge in [-0.3, -0.25) is 4.99 Å². The SMILES string of the molecule is Cc1cc(CN=C2NC(C)CS2)cc(C)c1F. The minimum atomic E-state index is -0.108. The Balaban J connectivity index is 2.09. The number of hydrogen-bond donors (Lipinski definition) is 1. The summed E-state index contributed by atoms with van der Waals surface area (Å²) in [5, 5.41) is 4.30. The lowest BCUT2D eigenvalue weighted by molar-refractivity contribution is 0.608. The van der Waals surface area contributed by atoms with Gasteiger partial charge in [0.15, 0.2) is 5.17 Å². The van der Waals surface area contributed by atoms with Crippen molar-refractivity contribution < 1.29 is 4.39 Å². The van der Waals surface area contributed by atoms with E-state index in [2.05, 4.69) is 17.2 Å². The zero-order chi connectivity index (χ0) is 12.4. The monoisotopic (exact) mass is 252 g/mol. The summed E-state index contributed by atoms with van der Waals surface area (Å²) in [6, 6.07) is 4.24. The van der Waals surface area contributed by atoms with Gasteiger partial charge in [0.05, 0.1) is 6.54 Å². The van der Waals surface area contributed by atoms with Crippen LogP contribution in [-0.2, 0) is 6.54 Å². The minimum Gasteiger partial charge on any atom is -0.362 e. The van der Waals surface area contributed by atoms with Gasteiger partial charge in [-0.05, 0) is 37.5 Å². The summed E-state index contributed by atoms with van der Waals surface area (Å²) in [4.78, 5) is 4.50. The molecule has 1 aliphatic heterocycles. The molecule has 0 aliphatic carbocycles. The number of aliphatic imine (C=N–C) groups is 1. The van der Waals surface area contributed by atoms with Gasteiger partial charge in [-0.2, -0.15) is 0 Å². The highest BCUT2D eigenvalue weighted by Crippen LogP contribution is 2.17. The number of thioether (sulfide) groups is 1. The van der Waals surface area contributed by atoms with Crippen molar-refractivity contribution in [2.24, 2.45) is 4.99 Å². The highest BCUT2D eigenvalue weighted by atomic mass is 32.2. The van der Waals surface area contributed by atoms with Crippen LogP contribution in [0.3, 0.4) is 0 Å². The first kappa shape index (κ1) is 12.4. The molecule has 1 aliphatic rings. The third kappa shape index (κ3) is 3.00. The van der Waals surface area contributed by atoms with E-state index in [1.165, 1.54) is 0 Å². The lowest BCUT2D eigenvalue weighted by Crippen LogP contribution is -2.23. The summed E-state index contributed by atoms with van der Waals surface area (Å²) in [6.07, 6.45) is 0. The predicted molar refractivity (Wildman–Crippen MR) is 72.1 cm³/mol. The molecule has 92 valence electrons. The lowest BCUT2D eigenvalue weighted by Gasteiger charge is -2.05. The lowest BCUT2D eigenvalue weighted by atomic mass is 10.1. The largest absolute Gasteiger partial charge is 0.362 e. The van der Waals surface area contributed by atoms with Crippen molar-refractivity contribution in [2.75, 3.05) is 5.75 Å². The maximum Gasteiger partial charge on any atom is 0.157 e. The Morgan fingerprint density at radius 3 is 2.59 bits per heavy atom. The Labute approximate surface area is 106 Å². The van der Waals surface area contributed by atoms with Crippen molar-refractivity contribution >= 4 is 16.9 Å². The number of amidine groups is 1. The quantitative estimate of drug-likeness (QED) is 0.875. The number of nitrogens with zero attached hydrogens (tertiary/aromatic N) is 1. The first-order valence-electron chi connectivity index (χ1n) is 5.75. The zero-order valence-corrected chi connectivity index (χ0v) is 11.2. The van der Waals surface area contributed by atoms with Crippen LogP contribution in [0.15, 0.2) is 17.1 Å². The van der Waals surface area contributed by atoms with Crippen LogP contribution in [0.2, 0.25) is 0 Å². The van der Waals surface area contributed by atoms with Gasteiger partial charge in [0.25, 0.3) is 0 Å². The second-order valence-corrected chi connectivity index (χ2v) is 5.53. The molecular weight excluding hydrogens is 235 g/mol. The summed E-state index contributed by atoms with van der Waals surface area (Å²) in [5.41, 5.74) is 2.46. The number of nitrogens with one attached hydrogen (secondary N) is 1. The van der Waals surface area contributed by atoms with Crippen LogP contribution in [0.25, 0.3) is 0 Å². The van der Waals surface area contributed by atoms with E-state index in [9.17, 15) is 4.39 Å². The van der Waals surface area contributed by atoms with E-state index in [0.29, 0.717) is 23.7 Å². The Bertz CT molecular complexity index is 434. The molecule has 4 heteroatoms. The fraction of sp³-hybridized carbons (Fsp3) is 0.462. The third-order valence-corrected chi connectivity index (χ3v) is 3.93. The number of aryl methyl sites for hydroxylation is 2. The van der Waals surface area contributed by atoms with E-state index in [1.54, 1.807) is 25.6 Å². The molecule has 1 aromatic rings. The molecule has 1 heterocycles. The molecular formula is C13H17FN2S. The molecule has 1 aromatic carbocycles. The molecule has 2 rings (SSSR count). The van der Waals surface area contributed by atoms with Crippen LogP contribution in [0, 0.1) is 19.7 Å². The molecule has 0 aromatic heterocycles. The average molecular weight is 252 g/mol. The third-order valence-electron chi connectivity index (χ3n) is 2.74. The van der Waals surface area contributed by atoms with Crippen LogP contribution in [0.5, 0.6) is 0 Å². The molecule has 1 fully saturated rings. The molecule has 1 saturated heterocycles. The van der Waals surface area contributed by atoms with Crippen LogP contribution in [0.1, 0.15) is 23.6 Å².